The van der Waals surface area contributed by atoms with Crippen molar-refractivity contribution in [3.05, 3.63) is 24.3 Å². The topological polar surface area (TPSA) is 73.9 Å². The molecule has 0 spiro atoms. The van der Waals surface area contributed by atoms with Crippen molar-refractivity contribution in [2.75, 3.05) is 10.6 Å². The molecule has 6 nitrogen and oxygen atoms in total. The highest BCUT2D eigenvalue weighted by atomic mass is 15.2. The lowest BCUT2D eigenvalue weighted by Gasteiger charge is -2.47. The Morgan fingerprint density at radius 1 is 0.625 bits per heavy atom. The van der Waals surface area contributed by atoms with Crippen molar-refractivity contribution in [1.82, 2.24) is 20.6 Å². The molecule has 2 fully saturated rings. The van der Waals surface area contributed by atoms with Crippen LogP contribution in [0.15, 0.2) is 24.3 Å². The molecule has 0 bridgehead atoms. The van der Waals surface area contributed by atoms with Crippen molar-refractivity contribution < 1.29 is 0 Å². The Kier molecular flexibility index (Phi) is 5.70. The maximum Gasteiger partial charge on any atom is 0.170 e. The quantitative estimate of drug-likeness (QED) is 0.534. The number of rotatable bonds is 4. The molecule has 1 aromatic heterocycles. The second-order valence-electron chi connectivity index (χ2n) is 12.7. The van der Waals surface area contributed by atoms with Crippen LogP contribution in [0, 0.1) is 0 Å². The smallest absolute Gasteiger partial charge is 0.170 e. The summed E-state index contributed by atoms with van der Waals surface area (Å²) >= 11 is 0. The minimum absolute atomic E-state index is 0.0698. The van der Waals surface area contributed by atoms with Gasteiger partial charge in [0.25, 0.3) is 0 Å². The van der Waals surface area contributed by atoms with Gasteiger partial charge in [0, 0.05) is 34.2 Å². The Morgan fingerprint density at radius 2 is 0.938 bits per heavy atom. The van der Waals surface area contributed by atoms with Gasteiger partial charge >= 0.3 is 0 Å². The zero-order valence-electron chi connectivity index (χ0n) is 21.2. The SMILES string of the molecule is CC1(C)CC(Nc2nc3ccccc3nc2NC2CC(C)(C)NC(C)(C)C2)CC(C)(C)N1. The van der Waals surface area contributed by atoms with Crippen LogP contribution in [0.3, 0.4) is 0 Å². The summed E-state index contributed by atoms with van der Waals surface area (Å²) in [6.45, 7) is 18.3. The maximum absolute atomic E-state index is 5.03. The van der Waals surface area contributed by atoms with E-state index in [0.29, 0.717) is 12.1 Å². The number of fused-ring (bicyclic) bond motifs is 1. The lowest BCUT2D eigenvalue weighted by atomic mass is 9.79. The Labute approximate surface area is 193 Å². The molecule has 6 heteroatoms. The van der Waals surface area contributed by atoms with Crippen molar-refractivity contribution in [3.63, 3.8) is 0 Å². The van der Waals surface area contributed by atoms with E-state index in [-0.39, 0.29) is 22.2 Å². The number of nitrogens with one attached hydrogen (secondary N) is 4. The molecule has 2 aromatic rings. The number of nitrogens with zero attached hydrogens (tertiary/aromatic N) is 2. The average Bonchev–Trinajstić information content (AvgIpc) is 2.56. The molecule has 0 amide bonds. The van der Waals surface area contributed by atoms with Crippen LogP contribution in [0.25, 0.3) is 11.0 Å². The second kappa shape index (κ2) is 7.84. The molecular formula is C26H42N6. The summed E-state index contributed by atoms with van der Waals surface area (Å²) < 4.78 is 0. The molecule has 0 unspecified atom stereocenters. The molecule has 2 saturated heterocycles. The molecule has 3 heterocycles. The van der Waals surface area contributed by atoms with Gasteiger partial charge < -0.3 is 21.3 Å². The lowest BCUT2D eigenvalue weighted by Crippen LogP contribution is -2.60. The van der Waals surface area contributed by atoms with Crippen molar-refractivity contribution in [3.8, 4) is 0 Å². The van der Waals surface area contributed by atoms with Gasteiger partial charge in [-0.25, -0.2) is 9.97 Å². The molecule has 4 rings (SSSR count). The van der Waals surface area contributed by atoms with Gasteiger partial charge in [0.05, 0.1) is 11.0 Å². The average molecular weight is 439 g/mol. The van der Waals surface area contributed by atoms with Gasteiger partial charge in [0.2, 0.25) is 0 Å². The van der Waals surface area contributed by atoms with E-state index < -0.39 is 0 Å². The number of hydrogen-bond acceptors (Lipinski definition) is 6. The van der Waals surface area contributed by atoms with E-state index in [1.165, 1.54) is 0 Å². The Morgan fingerprint density at radius 3 is 1.25 bits per heavy atom. The summed E-state index contributed by atoms with van der Waals surface area (Å²) in [4.78, 5) is 10.1. The van der Waals surface area contributed by atoms with Crippen molar-refractivity contribution >= 4 is 22.7 Å². The molecular weight excluding hydrogens is 396 g/mol. The molecule has 2 aliphatic heterocycles. The van der Waals surface area contributed by atoms with E-state index in [2.05, 4.69) is 76.7 Å². The number of anilines is 2. The Balaban J connectivity index is 1.65. The van der Waals surface area contributed by atoms with Crippen LogP contribution in [0.2, 0.25) is 0 Å². The summed E-state index contributed by atoms with van der Waals surface area (Å²) in [5.41, 5.74) is 2.14. The molecule has 0 radical (unpaired) electrons. The highest BCUT2D eigenvalue weighted by Gasteiger charge is 2.39. The first kappa shape index (κ1) is 23.2. The van der Waals surface area contributed by atoms with E-state index >= 15 is 0 Å². The number of benzene rings is 1. The zero-order valence-corrected chi connectivity index (χ0v) is 21.2. The summed E-state index contributed by atoms with van der Waals surface area (Å²) in [6, 6.07) is 8.82. The normalized spacial score (nSPS) is 24.9. The van der Waals surface area contributed by atoms with Crippen molar-refractivity contribution in [1.29, 1.82) is 0 Å². The van der Waals surface area contributed by atoms with E-state index in [4.69, 9.17) is 9.97 Å². The van der Waals surface area contributed by atoms with Crippen molar-refractivity contribution in [2.24, 2.45) is 0 Å². The Hall–Kier alpha value is -1.92. The van der Waals surface area contributed by atoms with E-state index in [0.717, 1.165) is 48.4 Å². The maximum atomic E-state index is 5.03. The fourth-order valence-corrected chi connectivity index (χ4v) is 6.44. The molecule has 0 saturated carbocycles. The van der Waals surface area contributed by atoms with Crippen LogP contribution >= 0.6 is 0 Å². The van der Waals surface area contributed by atoms with Gasteiger partial charge in [-0.2, -0.15) is 0 Å². The number of hydrogen-bond donors (Lipinski definition) is 4. The van der Waals surface area contributed by atoms with Gasteiger partial charge in [-0.3, -0.25) is 0 Å². The van der Waals surface area contributed by atoms with Gasteiger partial charge in [-0.15, -0.1) is 0 Å². The molecule has 2 aliphatic rings. The van der Waals surface area contributed by atoms with E-state index in [9.17, 15) is 0 Å². The third-order valence-electron chi connectivity index (χ3n) is 6.63. The van der Waals surface area contributed by atoms with Crippen LogP contribution in [-0.4, -0.2) is 44.2 Å². The van der Waals surface area contributed by atoms with Gasteiger partial charge in [0.15, 0.2) is 11.6 Å². The minimum Gasteiger partial charge on any atom is -0.364 e. The third-order valence-corrected chi connectivity index (χ3v) is 6.63. The zero-order chi connectivity index (χ0) is 23.4. The fraction of sp³-hybridized carbons (Fsp3) is 0.692. The predicted octanol–water partition coefficient (Wildman–Crippen LogP) is 5.07. The summed E-state index contributed by atoms with van der Waals surface area (Å²) in [5.74, 6) is 1.74. The lowest BCUT2D eigenvalue weighted by molar-refractivity contribution is 0.169. The molecule has 4 N–H and O–H groups in total. The first-order valence-electron chi connectivity index (χ1n) is 12.1. The van der Waals surface area contributed by atoms with Gasteiger partial charge in [0.1, 0.15) is 0 Å². The van der Waals surface area contributed by atoms with Gasteiger partial charge in [-0.05, 0) is 93.2 Å². The highest BCUT2D eigenvalue weighted by Crippen LogP contribution is 2.34. The third kappa shape index (κ3) is 5.52. The first-order chi connectivity index (χ1) is 14.7. The predicted molar refractivity (Wildman–Crippen MR) is 135 cm³/mol. The molecule has 176 valence electrons. The van der Waals surface area contributed by atoms with Crippen LogP contribution in [0.5, 0.6) is 0 Å². The number of aromatic nitrogens is 2. The summed E-state index contributed by atoms with van der Waals surface area (Å²) in [5, 5.41) is 15.1. The van der Waals surface area contributed by atoms with Crippen LogP contribution < -0.4 is 21.3 Å². The molecule has 32 heavy (non-hydrogen) atoms. The first-order valence-corrected chi connectivity index (χ1v) is 12.1. The van der Waals surface area contributed by atoms with E-state index in [1.54, 1.807) is 0 Å². The highest BCUT2D eigenvalue weighted by molar-refractivity contribution is 5.80. The Bertz CT molecular complexity index is 867. The number of piperidine rings is 2. The monoisotopic (exact) mass is 438 g/mol. The fourth-order valence-electron chi connectivity index (χ4n) is 6.44. The molecule has 0 atom stereocenters. The second-order valence-corrected chi connectivity index (χ2v) is 12.7. The van der Waals surface area contributed by atoms with Gasteiger partial charge in [-0.1, -0.05) is 12.1 Å². The summed E-state index contributed by atoms with van der Waals surface area (Å²) in [6.07, 6.45) is 4.16. The van der Waals surface area contributed by atoms with Crippen LogP contribution in [-0.2, 0) is 0 Å². The number of para-hydroxylation sites is 2. The summed E-state index contributed by atoms with van der Waals surface area (Å²) in [7, 11) is 0. The molecule has 0 aliphatic carbocycles. The van der Waals surface area contributed by atoms with Crippen LogP contribution in [0.1, 0.15) is 81.1 Å². The van der Waals surface area contributed by atoms with E-state index in [1.807, 2.05) is 24.3 Å². The van der Waals surface area contributed by atoms with Crippen molar-refractivity contribution in [2.45, 2.75) is 115 Å². The molecule has 1 aromatic carbocycles. The standard InChI is InChI=1S/C26H42N6/c1-23(2)13-17(14-24(3,4)31-23)27-21-22(30-20-12-10-9-11-19(20)29-21)28-18-15-25(5,6)32-26(7,8)16-18/h9-12,17-18,31-32H,13-16H2,1-8H3,(H,27,29)(H,28,30). The largest absolute Gasteiger partial charge is 0.364 e. The minimum atomic E-state index is 0.0698. The van der Waals surface area contributed by atoms with Crippen LogP contribution in [0.4, 0.5) is 11.6 Å².